The molecule has 1 amide bonds. The minimum Gasteiger partial charge on any atom is -0.495 e. The van der Waals surface area contributed by atoms with E-state index in [0.29, 0.717) is 11.8 Å². The van der Waals surface area contributed by atoms with Gasteiger partial charge in [0.25, 0.3) is 5.91 Å². The molecule has 0 saturated carbocycles. The zero-order valence-corrected chi connectivity index (χ0v) is 22.0. The highest BCUT2D eigenvalue weighted by atomic mass is 35.5. The Labute approximate surface area is 227 Å². The van der Waals surface area contributed by atoms with E-state index < -0.39 is 27.7 Å². The number of ether oxygens (including phenoxy) is 1. The predicted octanol–water partition coefficient (Wildman–Crippen LogP) is 4.34. The lowest BCUT2D eigenvalue weighted by molar-refractivity contribution is -0.137. The second-order valence-electron chi connectivity index (χ2n) is 8.49. The molecule has 39 heavy (non-hydrogen) atoms. The molecule has 0 bridgehead atoms. The molecule has 1 saturated heterocycles. The normalized spacial score (nSPS) is 14.6. The number of halogens is 4. The standard InChI is InChI=1S/C25H22ClF3N4O5S/c1-38-20-14-19(30-24(35)17-4-2-3-16(11-17)15-34)5-6-21(20)39(36,37)33-9-7-32(8-10-33)23-13-18(25(27,28)29)12-22(26)31-23/h2-6,11-15H,7-10H2,1H3,(H,30,35). The lowest BCUT2D eigenvalue weighted by Crippen LogP contribution is -2.49. The van der Waals surface area contributed by atoms with Crippen molar-refractivity contribution in [3.63, 3.8) is 0 Å². The zero-order chi connectivity index (χ0) is 28.4. The van der Waals surface area contributed by atoms with E-state index in [1.54, 1.807) is 12.1 Å². The summed E-state index contributed by atoms with van der Waals surface area (Å²) in [6.45, 7) is 0.125. The molecular formula is C25H22ClF3N4O5S. The number of benzene rings is 2. The third-order valence-electron chi connectivity index (χ3n) is 5.99. The van der Waals surface area contributed by atoms with Gasteiger partial charge < -0.3 is 15.0 Å². The quantitative estimate of drug-likeness (QED) is 0.326. The van der Waals surface area contributed by atoms with Crippen LogP contribution in [0.3, 0.4) is 0 Å². The van der Waals surface area contributed by atoms with Crippen molar-refractivity contribution in [1.29, 1.82) is 0 Å². The lowest BCUT2D eigenvalue weighted by atomic mass is 10.1. The zero-order valence-electron chi connectivity index (χ0n) is 20.4. The highest BCUT2D eigenvalue weighted by Crippen LogP contribution is 2.34. The van der Waals surface area contributed by atoms with Crippen LogP contribution < -0.4 is 15.0 Å². The smallest absolute Gasteiger partial charge is 0.416 e. The Balaban J connectivity index is 1.49. The van der Waals surface area contributed by atoms with Crippen LogP contribution in [-0.2, 0) is 16.2 Å². The minimum absolute atomic E-state index is 0.00299. The van der Waals surface area contributed by atoms with Gasteiger partial charge in [0.05, 0.1) is 12.7 Å². The summed E-state index contributed by atoms with van der Waals surface area (Å²) in [6.07, 6.45) is -3.99. The molecule has 3 aromatic rings. The number of rotatable bonds is 7. The fraction of sp³-hybridized carbons (Fsp3) is 0.240. The summed E-state index contributed by atoms with van der Waals surface area (Å²) < 4.78 is 72.8. The van der Waals surface area contributed by atoms with Crippen LogP contribution in [0.2, 0.25) is 5.15 Å². The van der Waals surface area contributed by atoms with E-state index in [-0.39, 0.29) is 59.0 Å². The first-order chi connectivity index (χ1) is 18.4. The molecule has 1 aliphatic rings. The Kier molecular flexibility index (Phi) is 8.14. The maximum Gasteiger partial charge on any atom is 0.416 e. The van der Waals surface area contributed by atoms with Gasteiger partial charge in [-0.2, -0.15) is 17.5 Å². The van der Waals surface area contributed by atoms with Crippen molar-refractivity contribution in [3.05, 3.63) is 76.4 Å². The van der Waals surface area contributed by atoms with Gasteiger partial charge in [-0.25, -0.2) is 13.4 Å². The largest absolute Gasteiger partial charge is 0.495 e. The average molecular weight is 583 g/mol. The number of methoxy groups -OCH3 is 1. The lowest BCUT2D eigenvalue weighted by Gasteiger charge is -2.35. The van der Waals surface area contributed by atoms with Crippen LogP contribution in [0.4, 0.5) is 24.7 Å². The van der Waals surface area contributed by atoms with Crippen molar-refractivity contribution in [2.45, 2.75) is 11.1 Å². The first-order valence-corrected chi connectivity index (χ1v) is 13.3. The van der Waals surface area contributed by atoms with Crippen molar-refractivity contribution in [3.8, 4) is 5.75 Å². The Bertz CT molecular complexity index is 1510. The van der Waals surface area contributed by atoms with Crippen molar-refractivity contribution in [2.75, 3.05) is 43.5 Å². The molecule has 14 heteroatoms. The molecule has 0 atom stereocenters. The number of aldehydes is 1. The maximum atomic E-state index is 13.4. The molecule has 1 N–H and O–H groups in total. The summed E-state index contributed by atoms with van der Waals surface area (Å²) >= 11 is 5.78. The molecule has 2 aromatic carbocycles. The van der Waals surface area contributed by atoms with Gasteiger partial charge in [0.1, 0.15) is 27.9 Å². The number of sulfonamides is 1. The van der Waals surface area contributed by atoms with Crippen molar-refractivity contribution >= 4 is 45.3 Å². The third kappa shape index (κ3) is 6.32. The molecule has 1 aromatic heterocycles. The second kappa shape index (κ2) is 11.2. The highest BCUT2D eigenvalue weighted by Gasteiger charge is 2.34. The Hall–Kier alpha value is -3.68. The second-order valence-corrected chi connectivity index (χ2v) is 10.8. The minimum atomic E-state index is -4.60. The fourth-order valence-corrected chi connectivity index (χ4v) is 5.78. The van der Waals surface area contributed by atoms with Crippen LogP contribution in [0.25, 0.3) is 0 Å². The molecule has 1 aliphatic heterocycles. The summed E-state index contributed by atoms with van der Waals surface area (Å²) in [7, 11) is -2.77. The topological polar surface area (TPSA) is 109 Å². The molecule has 206 valence electrons. The summed E-state index contributed by atoms with van der Waals surface area (Å²) in [4.78, 5) is 28.9. The highest BCUT2D eigenvalue weighted by molar-refractivity contribution is 7.89. The van der Waals surface area contributed by atoms with Gasteiger partial charge in [-0.3, -0.25) is 9.59 Å². The van der Waals surface area contributed by atoms with Crippen LogP contribution in [-0.4, -0.2) is 63.2 Å². The molecule has 4 rings (SSSR count). The number of piperazine rings is 1. The molecule has 1 fully saturated rings. The predicted molar refractivity (Wildman–Crippen MR) is 138 cm³/mol. The van der Waals surface area contributed by atoms with Gasteiger partial charge in [-0.05, 0) is 36.4 Å². The van der Waals surface area contributed by atoms with E-state index in [4.69, 9.17) is 16.3 Å². The summed E-state index contributed by atoms with van der Waals surface area (Å²) in [5.74, 6) is -0.512. The summed E-state index contributed by atoms with van der Waals surface area (Å²) in [5, 5.41) is 2.32. The molecule has 0 spiro atoms. The van der Waals surface area contributed by atoms with Gasteiger partial charge in [-0.1, -0.05) is 23.7 Å². The van der Waals surface area contributed by atoms with E-state index in [2.05, 4.69) is 10.3 Å². The van der Waals surface area contributed by atoms with E-state index in [1.165, 1.54) is 46.6 Å². The number of nitrogens with zero attached hydrogens (tertiary/aromatic N) is 3. The number of nitrogens with one attached hydrogen (secondary N) is 1. The number of carbonyl (C=O) groups is 2. The number of hydrogen-bond donors (Lipinski definition) is 1. The fourth-order valence-electron chi connectivity index (χ4n) is 4.02. The van der Waals surface area contributed by atoms with Crippen LogP contribution in [0.15, 0.2) is 59.5 Å². The first-order valence-electron chi connectivity index (χ1n) is 11.5. The van der Waals surface area contributed by atoms with Crippen molar-refractivity contribution < 1.29 is 35.9 Å². The van der Waals surface area contributed by atoms with Crippen LogP contribution in [0.1, 0.15) is 26.3 Å². The number of anilines is 2. The Morgan fingerprint density at radius 2 is 1.79 bits per heavy atom. The number of carbonyl (C=O) groups excluding carboxylic acids is 2. The maximum absolute atomic E-state index is 13.4. The average Bonchev–Trinajstić information content (AvgIpc) is 2.92. The van der Waals surface area contributed by atoms with E-state index in [1.807, 2.05) is 0 Å². The molecule has 0 unspecified atom stereocenters. The first kappa shape index (κ1) is 28.3. The van der Waals surface area contributed by atoms with Gasteiger partial charge in [0.15, 0.2) is 0 Å². The number of pyridine rings is 1. The van der Waals surface area contributed by atoms with E-state index >= 15 is 0 Å². The van der Waals surface area contributed by atoms with Gasteiger partial charge >= 0.3 is 6.18 Å². The number of aromatic nitrogens is 1. The van der Waals surface area contributed by atoms with E-state index in [9.17, 15) is 31.2 Å². The van der Waals surface area contributed by atoms with Crippen molar-refractivity contribution in [2.24, 2.45) is 0 Å². The number of hydrogen-bond acceptors (Lipinski definition) is 7. The van der Waals surface area contributed by atoms with Crippen LogP contribution in [0.5, 0.6) is 5.75 Å². The summed E-state index contributed by atoms with van der Waals surface area (Å²) in [5.41, 5.74) is -0.107. The Morgan fingerprint density at radius 1 is 1.08 bits per heavy atom. The van der Waals surface area contributed by atoms with Crippen molar-refractivity contribution in [1.82, 2.24) is 9.29 Å². The molecule has 0 aliphatic carbocycles. The molecule has 9 nitrogen and oxygen atoms in total. The SMILES string of the molecule is COc1cc(NC(=O)c2cccc(C=O)c2)ccc1S(=O)(=O)N1CCN(c2cc(C(F)(F)F)cc(Cl)n2)CC1. The summed E-state index contributed by atoms with van der Waals surface area (Å²) in [6, 6.07) is 11.7. The van der Waals surface area contributed by atoms with Gasteiger partial charge in [0, 0.05) is 49.1 Å². The number of alkyl halides is 3. The van der Waals surface area contributed by atoms with Gasteiger partial charge in [-0.15, -0.1) is 0 Å². The van der Waals surface area contributed by atoms with Gasteiger partial charge in [0.2, 0.25) is 10.0 Å². The van der Waals surface area contributed by atoms with Crippen LogP contribution >= 0.6 is 11.6 Å². The van der Waals surface area contributed by atoms with Crippen LogP contribution in [0, 0.1) is 0 Å². The molecular weight excluding hydrogens is 561 g/mol. The molecule has 2 heterocycles. The molecule has 0 radical (unpaired) electrons. The number of amides is 1. The van der Waals surface area contributed by atoms with E-state index in [0.717, 1.165) is 12.1 Å². The Morgan fingerprint density at radius 3 is 2.44 bits per heavy atom. The monoisotopic (exact) mass is 582 g/mol. The third-order valence-corrected chi connectivity index (χ3v) is 8.13.